The summed E-state index contributed by atoms with van der Waals surface area (Å²) in [7, 11) is 0. The van der Waals surface area contributed by atoms with Gasteiger partial charge in [-0.05, 0) is 31.4 Å². The molecule has 0 aromatic heterocycles. The molecule has 106 valence electrons. The van der Waals surface area contributed by atoms with Crippen LogP contribution in [0.3, 0.4) is 0 Å². The molecule has 0 atom stereocenters. The van der Waals surface area contributed by atoms with E-state index >= 15 is 0 Å². The predicted octanol–water partition coefficient (Wildman–Crippen LogP) is 4.01. The number of aryl methyl sites for hydroxylation is 1. The Balaban J connectivity index is 2.46. The van der Waals surface area contributed by atoms with Crippen LogP contribution in [0, 0.1) is 6.92 Å². The molecule has 0 radical (unpaired) electrons. The highest BCUT2D eigenvalue weighted by molar-refractivity contribution is 5.47. The zero-order valence-corrected chi connectivity index (χ0v) is 12.3. The van der Waals surface area contributed by atoms with Gasteiger partial charge in [0.25, 0.3) is 0 Å². The van der Waals surface area contributed by atoms with Crippen LogP contribution in [-0.2, 0) is 6.42 Å². The Labute approximate surface area is 126 Å². The standard InChI is InChI=1S/C18H19N3/c1-14-8-7-9-16(12-14)13-17(15(2)19-3)18-10-5-6-11-21(18)20-4/h5-12H,2-4,13H2,1H3/b18-17+. The van der Waals surface area contributed by atoms with Gasteiger partial charge in [0.05, 0.1) is 11.4 Å². The first-order valence-electron chi connectivity index (χ1n) is 6.71. The van der Waals surface area contributed by atoms with E-state index in [0.717, 1.165) is 17.7 Å². The minimum atomic E-state index is 0.653. The van der Waals surface area contributed by atoms with E-state index in [1.807, 2.05) is 24.4 Å². The SMILES string of the molecule is C=NC(=C)/C(Cc1cccc(C)c1)=C1\C=CC=CN1N=C. The van der Waals surface area contributed by atoms with Crippen molar-refractivity contribution in [1.82, 2.24) is 5.01 Å². The monoisotopic (exact) mass is 277 g/mol. The molecule has 0 N–H and O–H groups in total. The van der Waals surface area contributed by atoms with Crippen LogP contribution in [-0.4, -0.2) is 18.4 Å². The highest BCUT2D eigenvalue weighted by atomic mass is 15.4. The maximum absolute atomic E-state index is 4.01. The summed E-state index contributed by atoms with van der Waals surface area (Å²) >= 11 is 0. The largest absolute Gasteiger partial charge is 0.265 e. The van der Waals surface area contributed by atoms with Gasteiger partial charge in [-0.3, -0.25) is 4.99 Å². The highest BCUT2D eigenvalue weighted by Gasteiger charge is 2.14. The molecule has 21 heavy (non-hydrogen) atoms. The third kappa shape index (κ3) is 3.45. The molecule has 1 heterocycles. The fourth-order valence-electron chi connectivity index (χ4n) is 2.26. The number of hydrogen-bond acceptors (Lipinski definition) is 3. The Bertz CT molecular complexity index is 663. The first-order valence-corrected chi connectivity index (χ1v) is 6.71. The number of nitrogens with zero attached hydrogens (tertiary/aromatic N) is 3. The van der Waals surface area contributed by atoms with Crippen LogP contribution in [0.1, 0.15) is 11.1 Å². The Morgan fingerprint density at radius 2 is 2.05 bits per heavy atom. The van der Waals surface area contributed by atoms with Crippen molar-refractivity contribution < 1.29 is 0 Å². The van der Waals surface area contributed by atoms with Crippen LogP contribution in [0.2, 0.25) is 0 Å². The first kappa shape index (κ1) is 14.7. The molecule has 1 aliphatic rings. The molecule has 1 aromatic rings. The molecular formula is C18H19N3. The summed E-state index contributed by atoms with van der Waals surface area (Å²) in [5.41, 5.74) is 5.00. The van der Waals surface area contributed by atoms with Gasteiger partial charge in [-0.25, -0.2) is 5.01 Å². The second-order valence-electron chi connectivity index (χ2n) is 4.82. The summed E-state index contributed by atoms with van der Waals surface area (Å²) in [4.78, 5) is 4.00. The third-order valence-corrected chi connectivity index (χ3v) is 3.30. The van der Waals surface area contributed by atoms with E-state index < -0.39 is 0 Å². The normalized spacial score (nSPS) is 15.8. The first-order chi connectivity index (χ1) is 10.2. The van der Waals surface area contributed by atoms with Crippen LogP contribution in [0.15, 0.2) is 82.3 Å². The van der Waals surface area contributed by atoms with E-state index in [1.54, 1.807) is 5.01 Å². The molecule has 0 amide bonds. The molecule has 0 aliphatic carbocycles. The van der Waals surface area contributed by atoms with Gasteiger partial charge in [0.1, 0.15) is 0 Å². The second kappa shape index (κ2) is 6.66. The van der Waals surface area contributed by atoms with Gasteiger partial charge in [-0.2, -0.15) is 5.10 Å². The number of benzene rings is 1. The lowest BCUT2D eigenvalue weighted by atomic mass is 9.98. The average Bonchev–Trinajstić information content (AvgIpc) is 2.52. The maximum Gasteiger partial charge on any atom is 0.0701 e. The number of aliphatic imine (C=N–C) groups is 1. The van der Waals surface area contributed by atoms with E-state index in [9.17, 15) is 0 Å². The van der Waals surface area contributed by atoms with Gasteiger partial charge in [-0.1, -0.05) is 42.5 Å². The van der Waals surface area contributed by atoms with Gasteiger partial charge in [0.15, 0.2) is 0 Å². The molecule has 1 aromatic carbocycles. The van der Waals surface area contributed by atoms with Gasteiger partial charge in [0.2, 0.25) is 0 Å². The van der Waals surface area contributed by atoms with Gasteiger partial charge < -0.3 is 0 Å². The Morgan fingerprint density at radius 3 is 2.71 bits per heavy atom. The van der Waals surface area contributed by atoms with Gasteiger partial charge in [0, 0.05) is 24.9 Å². The van der Waals surface area contributed by atoms with Crippen molar-refractivity contribution in [2.24, 2.45) is 10.1 Å². The Morgan fingerprint density at radius 1 is 1.24 bits per heavy atom. The molecule has 0 unspecified atom stereocenters. The quantitative estimate of drug-likeness (QED) is 0.747. The lowest BCUT2D eigenvalue weighted by Gasteiger charge is -2.22. The summed E-state index contributed by atoms with van der Waals surface area (Å²) in [6, 6.07) is 8.39. The lowest BCUT2D eigenvalue weighted by Crippen LogP contribution is -2.13. The third-order valence-electron chi connectivity index (χ3n) is 3.30. The van der Waals surface area contributed by atoms with Crippen LogP contribution in [0.4, 0.5) is 0 Å². The van der Waals surface area contributed by atoms with Crippen molar-refractivity contribution in [3.05, 3.63) is 83.4 Å². The fourth-order valence-corrected chi connectivity index (χ4v) is 2.26. The Kier molecular flexibility index (Phi) is 4.67. The zero-order chi connectivity index (χ0) is 15.2. The van der Waals surface area contributed by atoms with Crippen LogP contribution in [0.5, 0.6) is 0 Å². The summed E-state index contributed by atoms with van der Waals surface area (Å²) < 4.78 is 0. The molecule has 3 nitrogen and oxygen atoms in total. The maximum atomic E-state index is 4.01. The van der Waals surface area contributed by atoms with E-state index in [2.05, 4.69) is 61.3 Å². The number of hydrogen-bond donors (Lipinski definition) is 0. The van der Waals surface area contributed by atoms with Gasteiger partial charge in [-0.15, -0.1) is 0 Å². The number of allylic oxidation sites excluding steroid dienone is 4. The summed E-state index contributed by atoms with van der Waals surface area (Å²) in [5.74, 6) is 0. The summed E-state index contributed by atoms with van der Waals surface area (Å²) in [6.07, 6.45) is 8.43. The summed E-state index contributed by atoms with van der Waals surface area (Å²) in [5, 5.41) is 5.73. The second-order valence-corrected chi connectivity index (χ2v) is 4.82. The topological polar surface area (TPSA) is 28.0 Å². The molecule has 2 rings (SSSR count). The molecule has 0 saturated heterocycles. The van der Waals surface area contributed by atoms with Crippen LogP contribution >= 0.6 is 0 Å². The number of rotatable bonds is 5. The smallest absolute Gasteiger partial charge is 0.0701 e. The molecule has 0 bridgehead atoms. The van der Waals surface area contributed by atoms with Crippen molar-refractivity contribution in [1.29, 1.82) is 0 Å². The van der Waals surface area contributed by atoms with E-state index in [1.165, 1.54) is 11.1 Å². The lowest BCUT2D eigenvalue weighted by molar-refractivity contribution is 0.508. The minimum absolute atomic E-state index is 0.653. The van der Waals surface area contributed by atoms with Crippen molar-refractivity contribution in [3.63, 3.8) is 0 Å². The minimum Gasteiger partial charge on any atom is -0.265 e. The Hall–Kier alpha value is -2.68. The molecule has 0 saturated carbocycles. The van der Waals surface area contributed by atoms with E-state index in [4.69, 9.17) is 0 Å². The zero-order valence-electron chi connectivity index (χ0n) is 12.3. The average molecular weight is 277 g/mol. The van der Waals surface area contributed by atoms with Crippen molar-refractivity contribution in [2.45, 2.75) is 13.3 Å². The molecule has 0 fully saturated rings. The van der Waals surface area contributed by atoms with Crippen molar-refractivity contribution in [2.75, 3.05) is 0 Å². The summed E-state index contributed by atoms with van der Waals surface area (Å²) in [6.45, 7) is 13.3. The van der Waals surface area contributed by atoms with Gasteiger partial charge >= 0.3 is 0 Å². The van der Waals surface area contributed by atoms with Crippen LogP contribution < -0.4 is 0 Å². The van der Waals surface area contributed by atoms with Crippen molar-refractivity contribution >= 4 is 13.4 Å². The fraction of sp³-hybridized carbons (Fsp3) is 0.111. The number of hydrazone groups is 1. The van der Waals surface area contributed by atoms with Crippen LogP contribution in [0.25, 0.3) is 0 Å². The predicted molar refractivity (Wildman–Crippen MR) is 90.3 cm³/mol. The molecule has 0 spiro atoms. The highest BCUT2D eigenvalue weighted by Crippen LogP contribution is 2.25. The van der Waals surface area contributed by atoms with E-state index in [0.29, 0.717) is 5.70 Å². The van der Waals surface area contributed by atoms with Crippen molar-refractivity contribution in [3.8, 4) is 0 Å². The molecule has 3 heteroatoms. The van der Waals surface area contributed by atoms with E-state index in [-0.39, 0.29) is 0 Å². The molecule has 1 aliphatic heterocycles. The molecular weight excluding hydrogens is 258 g/mol.